The normalized spacial score (nSPS) is 29.3. The molecule has 1 aliphatic heterocycles. The van der Waals surface area contributed by atoms with Crippen molar-refractivity contribution in [2.75, 3.05) is 0 Å². The van der Waals surface area contributed by atoms with Crippen molar-refractivity contribution in [2.24, 2.45) is 0 Å². The fourth-order valence-corrected chi connectivity index (χ4v) is 4.83. The van der Waals surface area contributed by atoms with Crippen LogP contribution in [-0.4, -0.2) is 12.1 Å². The number of benzene rings is 1. The van der Waals surface area contributed by atoms with Gasteiger partial charge in [-0.2, -0.15) is 0 Å². The Hall–Kier alpha value is -1.64. The van der Waals surface area contributed by atoms with Gasteiger partial charge in [0.25, 0.3) is 0 Å². The maximum atomic E-state index is 3.75. The van der Waals surface area contributed by atoms with Gasteiger partial charge in [-0.05, 0) is 45.6 Å². The van der Waals surface area contributed by atoms with Crippen molar-refractivity contribution in [2.45, 2.75) is 31.3 Å². The smallest absolute Gasteiger partial charge is 0.0523 e. The number of fused-ring (bicyclic) bond motifs is 5. The number of halogens is 1. The zero-order valence-corrected chi connectivity index (χ0v) is 14.8. The SMILES string of the molecule is CC1(C)C2=CC3NC4C=CC(Br)=CC4=C3C=C2c2ccccc21. The van der Waals surface area contributed by atoms with Gasteiger partial charge in [-0.1, -0.05) is 72.3 Å². The van der Waals surface area contributed by atoms with Gasteiger partial charge >= 0.3 is 0 Å². The van der Waals surface area contributed by atoms with Crippen molar-refractivity contribution in [3.8, 4) is 0 Å². The van der Waals surface area contributed by atoms with Crippen LogP contribution in [0.15, 0.2) is 75.8 Å². The molecule has 2 heteroatoms. The molecule has 5 rings (SSSR count). The minimum atomic E-state index is 0.0837. The monoisotopic (exact) mass is 363 g/mol. The second-order valence-corrected chi connectivity index (χ2v) is 8.15. The van der Waals surface area contributed by atoms with E-state index in [9.17, 15) is 0 Å². The standard InChI is InChI=1S/C21H18BrN/c1-21(2)17-6-4-3-5-13(17)14-10-16-15-9-12(22)7-8-19(15)23-20(16)11-18(14)21/h3-11,19-20,23H,1-2H3. The Balaban J connectivity index is 1.75. The van der Waals surface area contributed by atoms with Gasteiger partial charge in [0.2, 0.25) is 0 Å². The topological polar surface area (TPSA) is 12.0 Å². The average Bonchev–Trinajstić information content (AvgIpc) is 3.00. The van der Waals surface area contributed by atoms with Crippen LogP contribution in [0.3, 0.4) is 0 Å². The Morgan fingerprint density at radius 2 is 1.83 bits per heavy atom. The van der Waals surface area contributed by atoms with Crippen LogP contribution >= 0.6 is 15.9 Å². The van der Waals surface area contributed by atoms with Crippen LogP contribution in [-0.2, 0) is 5.41 Å². The van der Waals surface area contributed by atoms with Crippen LogP contribution in [0.25, 0.3) is 5.57 Å². The first-order valence-electron chi connectivity index (χ1n) is 8.15. The highest BCUT2D eigenvalue weighted by molar-refractivity contribution is 9.11. The highest BCUT2D eigenvalue weighted by atomic mass is 79.9. The highest BCUT2D eigenvalue weighted by Crippen LogP contribution is 2.52. The number of hydrogen-bond donors (Lipinski definition) is 1. The first-order chi connectivity index (χ1) is 11.1. The number of rotatable bonds is 0. The minimum Gasteiger partial charge on any atom is -0.296 e. The van der Waals surface area contributed by atoms with E-state index in [1.54, 1.807) is 0 Å². The molecule has 1 nitrogen and oxygen atoms in total. The maximum Gasteiger partial charge on any atom is 0.0523 e. The number of nitrogens with one attached hydrogen (secondary N) is 1. The van der Waals surface area contributed by atoms with Crippen molar-refractivity contribution in [3.63, 3.8) is 0 Å². The third-order valence-electron chi connectivity index (χ3n) is 5.59. The van der Waals surface area contributed by atoms with Crippen LogP contribution in [0.2, 0.25) is 0 Å². The molecule has 0 saturated heterocycles. The lowest BCUT2D eigenvalue weighted by Gasteiger charge is -2.26. The molecule has 1 aromatic rings. The first-order valence-corrected chi connectivity index (χ1v) is 8.95. The largest absolute Gasteiger partial charge is 0.296 e. The quantitative estimate of drug-likeness (QED) is 0.698. The van der Waals surface area contributed by atoms with Gasteiger partial charge in [0.05, 0.1) is 12.1 Å². The lowest BCUT2D eigenvalue weighted by molar-refractivity contribution is 0.634. The Morgan fingerprint density at radius 3 is 2.70 bits per heavy atom. The average molecular weight is 364 g/mol. The van der Waals surface area contributed by atoms with E-state index in [1.807, 2.05) is 0 Å². The second-order valence-electron chi connectivity index (χ2n) is 7.23. The van der Waals surface area contributed by atoms with Gasteiger partial charge in [-0.3, -0.25) is 5.32 Å². The molecule has 0 amide bonds. The second kappa shape index (κ2) is 4.46. The van der Waals surface area contributed by atoms with E-state index in [0.29, 0.717) is 12.1 Å². The predicted molar refractivity (Wildman–Crippen MR) is 99.4 cm³/mol. The molecule has 23 heavy (non-hydrogen) atoms. The fourth-order valence-electron chi connectivity index (χ4n) is 4.43. The molecule has 1 heterocycles. The summed E-state index contributed by atoms with van der Waals surface area (Å²) in [6.07, 6.45) is 11.5. The summed E-state index contributed by atoms with van der Waals surface area (Å²) in [4.78, 5) is 0. The molecule has 3 aliphatic carbocycles. The lowest BCUT2D eigenvalue weighted by atomic mass is 9.79. The molecule has 2 atom stereocenters. The molecule has 0 saturated carbocycles. The first kappa shape index (κ1) is 13.8. The Kier molecular flexibility index (Phi) is 2.67. The molecule has 2 unspecified atom stereocenters. The molecule has 4 aliphatic rings. The van der Waals surface area contributed by atoms with Gasteiger partial charge in [-0.15, -0.1) is 0 Å². The van der Waals surface area contributed by atoms with E-state index < -0.39 is 0 Å². The van der Waals surface area contributed by atoms with E-state index in [-0.39, 0.29) is 5.41 Å². The summed E-state index contributed by atoms with van der Waals surface area (Å²) < 4.78 is 1.15. The van der Waals surface area contributed by atoms with E-state index >= 15 is 0 Å². The van der Waals surface area contributed by atoms with Gasteiger partial charge in [-0.25, -0.2) is 0 Å². The van der Waals surface area contributed by atoms with E-state index in [4.69, 9.17) is 0 Å². The van der Waals surface area contributed by atoms with Crippen LogP contribution in [0.1, 0.15) is 25.0 Å². The Morgan fingerprint density at radius 1 is 1.04 bits per heavy atom. The molecular weight excluding hydrogens is 346 g/mol. The minimum absolute atomic E-state index is 0.0837. The fraction of sp³-hybridized carbons (Fsp3) is 0.238. The molecule has 1 N–H and O–H groups in total. The Labute approximate surface area is 145 Å². The summed E-state index contributed by atoms with van der Waals surface area (Å²) >= 11 is 3.62. The third-order valence-corrected chi connectivity index (χ3v) is 6.08. The molecular formula is C21H18BrN. The summed E-state index contributed by atoms with van der Waals surface area (Å²) in [7, 11) is 0. The van der Waals surface area contributed by atoms with Gasteiger partial charge < -0.3 is 0 Å². The summed E-state index contributed by atoms with van der Waals surface area (Å²) in [5.74, 6) is 0. The molecule has 1 aromatic carbocycles. The van der Waals surface area contributed by atoms with Crippen LogP contribution in [0.5, 0.6) is 0 Å². The predicted octanol–water partition coefficient (Wildman–Crippen LogP) is 4.79. The van der Waals surface area contributed by atoms with Crippen molar-refractivity contribution < 1.29 is 0 Å². The van der Waals surface area contributed by atoms with Crippen molar-refractivity contribution in [1.82, 2.24) is 5.32 Å². The van der Waals surface area contributed by atoms with Gasteiger partial charge in [0.15, 0.2) is 0 Å². The summed E-state index contributed by atoms with van der Waals surface area (Å²) in [5.41, 5.74) is 8.61. The van der Waals surface area contributed by atoms with Crippen LogP contribution in [0.4, 0.5) is 0 Å². The molecule has 0 fully saturated rings. The lowest BCUT2D eigenvalue weighted by Crippen LogP contribution is -2.32. The molecule has 0 radical (unpaired) electrons. The van der Waals surface area contributed by atoms with E-state index in [1.165, 1.54) is 33.4 Å². The van der Waals surface area contributed by atoms with Crippen LogP contribution < -0.4 is 5.32 Å². The summed E-state index contributed by atoms with van der Waals surface area (Å²) in [6, 6.07) is 9.50. The maximum absolute atomic E-state index is 3.75. The highest BCUT2D eigenvalue weighted by Gasteiger charge is 2.42. The molecule has 114 valence electrons. The van der Waals surface area contributed by atoms with Crippen molar-refractivity contribution in [3.05, 3.63) is 87.0 Å². The van der Waals surface area contributed by atoms with Crippen molar-refractivity contribution in [1.29, 1.82) is 0 Å². The zero-order chi connectivity index (χ0) is 15.8. The molecule has 0 bridgehead atoms. The third kappa shape index (κ3) is 1.76. The zero-order valence-electron chi connectivity index (χ0n) is 13.2. The van der Waals surface area contributed by atoms with E-state index in [0.717, 1.165) is 4.48 Å². The summed E-state index contributed by atoms with van der Waals surface area (Å²) in [6.45, 7) is 4.68. The summed E-state index contributed by atoms with van der Waals surface area (Å²) in [5, 5.41) is 3.75. The molecule has 0 spiro atoms. The van der Waals surface area contributed by atoms with Gasteiger partial charge in [0.1, 0.15) is 0 Å². The van der Waals surface area contributed by atoms with Gasteiger partial charge in [0, 0.05) is 9.90 Å². The Bertz CT molecular complexity index is 892. The number of hydrogen-bond acceptors (Lipinski definition) is 1. The van der Waals surface area contributed by atoms with Crippen LogP contribution in [0, 0.1) is 0 Å². The molecule has 0 aromatic heterocycles. The number of allylic oxidation sites excluding steroid dienone is 4. The van der Waals surface area contributed by atoms with Crippen molar-refractivity contribution >= 4 is 21.5 Å². The van der Waals surface area contributed by atoms with E-state index in [2.05, 4.69) is 89.7 Å².